The van der Waals surface area contributed by atoms with E-state index in [2.05, 4.69) is 16.4 Å². The van der Waals surface area contributed by atoms with Crippen molar-refractivity contribution in [3.8, 4) is 6.07 Å². The normalized spacial score (nSPS) is 21.9. The number of hydrogen-bond acceptors (Lipinski definition) is 4. The lowest BCUT2D eigenvalue weighted by atomic mass is 9.90. The number of hydrogen-bond donors (Lipinski definition) is 1. The average Bonchev–Trinajstić information content (AvgIpc) is 2.86. The molecule has 0 spiro atoms. The highest BCUT2D eigenvalue weighted by Gasteiger charge is 2.36. The number of pyridine rings is 1. The van der Waals surface area contributed by atoms with E-state index in [0.717, 1.165) is 11.4 Å². The van der Waals surface area contributed by atoms with Crippen LogP contribution < -0.4 is 5.32 Å². The van der Waals surface area contributed by atoms with E-state index in [-0.39, 0.29) is 11.3 Å². The Morgan fingerprint density at radius 1 is 1.52 bits per heavy atom. The van der Waals surface area contributed by atoms with Crippen molar-refractivity contribution in [3.63, 3.8) is 0 Å². The van der Waals surface area contributed by atoms with E-state index >= 15 is 0 Å². The van der Waals surface area contributed by atoms with Crippen LogP contribution in [0.15, 0.2) is 12.1 Å². The smallest absolute Gasteiger partial charge is 0.252 e. The van der Waals surface area contributed by atoms with E-state index in [1.54, 1.807) is 23.9 Å². The zero-order valence-electron chi connectivity index (χ0n) is 12.4. The van der Waals surface area contributed by atoms with Gasteiger partial charge >= 0.3 is 0 Å². The summed E-state index contributed by atoms with van der Waals surface area (Å²) in [4.78, 5) is 16.7. The summed E-state index contributed by atoms with van der Waals surface area (Å²) in [5.74, 6) is 1.24. The van der Waals surface area contributed by atoms with Crippen molar-refractivity contribution in [2.45, 2.75) is 38.1 Å². The molecule has 1 unspecified atom stereocenters. The van der Waals surface area contributed by atoms with Crippen LogP contribution in [0.1, 0.15) is 43.2 Å². The van der Waals surface area contributed by atoms with Crippen LogP contribution in [-0.2, 0) is 5.41 Å². The summed E-state index contributed by atoms with van der Waals surface area (Å²) in [7, 11) is 0. The minimum Gasteiger partial charge on any atom is -0.333 e. The molecule has 0 aromatic carbocycles. The molecule has 0 radical (unpaired) electrons. The van der Waals surface area contributed by atoms with Gasteiger partial charge in [0.15, 0.2) is 0 Å². The number of nitrogens with one attached hydrogen (secondary N) is 1. The number of nitrogens with zero attached hydrogens (tertiary/aromatic N) is 2. The Hall–Kier alpha value is -1.25. The molecule has 1 aliphatic rings. The molecule has 6 heteroatoms. The molecular weight excluding hydrogens is 306 g/mol. The van der Waals surface area contributed by atoms with Gasteiger partial charge in [0.1, 0.15) is 10.7 Å². The minimum absolute atomic E-state index is 0.198. The van der Waals surface area contributed by atoms with Crippen molar-refractivity contribution in [2.24, 2.45) is 0 Å². The van der Waals surface area contributed by atoms with E-state index in [1.807, 2.05) is 20.8 Å². The van der Waals surface area contributed by atoms with Crippen LogP contribution in [0.25, 0.3) is 0 Å². The predicted molar refractivity (Wildman–Crippen MR) is 85.7 cm³/mol. The number of carbonyl (C=O) groups excluding carboxylic acids is 1. The minimum atomic E-state index is -0.764. The van der Waals surface area contributed by atoms with Gasteiger partial charge < -0.3 is 5.32 Å². The summed E-state index contributed by atoms with van der Waals surface area (Å²) < 4.78 is 0. The molecule has 1 aromatic heterocycles. The fourth-order valence-corrected chi connectivity index (χ4v) is 3.56. The number of nitriles is 1. The van der Waals surface area contributed by atoms with Crippen molar-refractivity contribution in [3.05, 3.63) is 28.5 Å². The molecule has 112 valence electrons. The van der Waals surface area contributed by atoms with Crippen LogP contribution in [0.2, 0.25) is 5.15 Å². The van der Waals surface area contributed by atoms with Gasteiger partial charge in [0.05, 0.1) is 6.07 Å². The van der Waals surface area contributed by atoms with E-state index < -0.39 is 5.54 Å². The van der Waals surface area contributed by atoms with Crippen molar-refractivity contribution in [2.75, 3.05) is 11.5 Å². The van der Waals surface area contributed by atoms with Crippen LogP contribution in [0, 0.1) is 11.3 Å². The van der Waals surface area contributed by atoms with Gasteiger partial charge in [-0.15, -0.1) is 0 Å². The molecule has 0 saturated carbocycles. The number of thioether (sulfide) groups is 1. The topological polar surface area (TPSA) is 65.8 Å². The third-order valence-electron chi connectivity index (χ3n) is 3.41. The molecule has 1 atom stereocenters. The summed E-state index contributed by atoms with van der Waals surface area (Å²) in [6.07, 6.45) is 0.671. The van der Waals surface area contributed by atoms with Crippen molar-refractivity contribution in [1.29, 1.82) is 5.26 Å². The highest BCUT2D eigenvalue weighted by molar-refractivity contribution is 7.99. The second-order valence-corrected chi connectivity index (χ2v) is 7.76. The van der Waals surface area contributed by atoms with Gasteiger partial charge in [-0.3, -0.25) is 4.79 Å². The maximum absolute atomic E-state index is 12.4. The Morgan fingerprint density at radius 3 is 2.76 bits per heavy atom. The predicted octanol–water partition coefficient (Wildman–Crippen LogP) is 3.16. The third-order valence-corrected chi connectivity index (χ3v) is 4.80. The van der Waals surface area contributed by atoms with Gasteiger partial charge in [0, 0.05) is 22.4 Å². The number of halogens is 1. The van der Waals surface area contributed by atoms with E-state index in [0.29, 0.717) is 22.9 Å². The highest BCUT2D eigenvalue weighted by atomic mass is 35.5. The molecule has 1 aliphatic heterocycles. The average molecular weight is 324 g/mol. The standard InChI is InChI=1S/C15H18ClN3OS/c1-14(2,3)11-6-10(7-12(16)18-11)13(20)19-15(8-17)4-5-21-9-15/h6-7H,4-5,9H2,1-3H3,(H,19,20). The van der Waals surface area contributed by atoms with Crippen LogP contribution in [0.3, 0.4) is 0 Å². The molecule has 0 aliphatic carbocycles. The zero-order chi connectivity index (χ0) is 15.7. The molecule has 0 bridgehead atoms. The quantitative estimate of drug-likeness (QED) is 0.849. The second kappa shape index (κ2) is 5.86. The summed E-state index contributed by atoms with van der Waals surface area (Å²) in [5.41, 5.74) is 0.244. The zero-order valence-corrected chi connectivity index (χ0v) is 13.9. The largest absolute Gasteiger partial charge is 0.333 e. The summed E-state index contributed by atoms with van der Waals surface area (Å²) in [5, 5.41) is 12.5. The first-order valence-corrected chi connectivity index (χ1v) is 8.29. The van der Waals surface area contributed by atoms with Crippen LogP contribution in [-0.4, -0.2) is 27.9 Å². The van der Waals surface area contributed by atoms with Crippen LogP contribution in [0.4, 0.5) is 0 Å². The molecule has 2 rings (SSSR count). The number of carbonyl (C=O) groups is 1. The van der Waals surface area contributed by atoms with Crippen molar-refractivity contribution in [1.82, 2.24) is 10.3 Å². The van der Waals surface area contributed by atoms with Gasteiger partial charge in [-0.25, -0.2) is 4.98 Å². The SMILES string of the molecule is CC(C)(C)c1cc(C(=O)NC2(C#N)CCSC2)cc(Cl)n1. The van der Waals surface area contributed by atoms with Crippen molar-refractivity contribution < 1.29 is 4.79 Å². The molecule has 1 fully saturated rings. The maximum atomic E-state index is 12.4. The first-order chi connectivity index (χ1) is 9.76. The number of amides is 1. The van der Waals surface area contributed by atoms with E-state index in [1.165, 1.54) is 0 Å². The lowest BCUT2D eigenvalue weighted by Crippen LogP contribution is -2.47. The maximum Gasteiger partial charge on any atom is 0.252 e. The fraction of sp³-hybridized carbons (Fsp3) is 0.533. The van der Waals surface area contributed by atoms with Gasteiger partial charge in [0.25, 0.3) is 5.91 Å². The molecule has 1 amide bonds. The molecule has 1 N–H and O–H groups in total. The van der Waals surface area contributed by atoms with E-state index in [9.17, 15) is 10.1 Å². The molecule has 21 heavy (non-hydrogen) atoms. The van der Waals surface area contributed by atoms with Crippen LogP contribution in [0.5, 0.6) is 0 Å². The molecule has 2 heterocycles. The fourth-order valence-electron chi connectivity index (χ4n) is 2.08. The first-order valence-electron chi connectivity index (χ1n) is 6.75. The molecule has 1 saturated heterocycles. The molecule has 1 aromatic rings. The summed E-state index contributed by atoms with van der Waals surface area (Å²) in [6, 6.07) is 5.52. The molecule has 4 nitrogen and oxygen atoms in total. The second-order valence-electron chi connectivity index (χ2n) is 6.26. The Bertz CT molecular complexity index is 598. The Balaban J connectivity index is 2.28. The highest BCUT2D eigenvalue weighted by Crippen LogP contribution is 2.28. The van der Waals surface area contributed by atoms with Crippen molar-refractivity contribution >= 4 is 29.3 Å². The lowest BCUT2D eigenvalue weighted by molar-refractivity contribution is 0.0926. The molecular formula is C15H18ClN3OS. The first kappa shape index (κ1) is 16.1. The van der Waals surface area contributed by atoms with Gasteiger partial charge in [0.2, 0.25) is 0 Å². The number of aromatic nitrogens is 1. The summed E-state index contributed by atoms with van der Waals surface area (Å²) >= 11 is 7.70. The van der Waals surface area contributed by atoms with Crippen LogP contribution >= 0.6 is 23.4 Å². The van der Waals surface area contributed by atoms with Gasteiger partial charge in [-0.05, 0) is 24.3 Å². The third kappa shape index (κ3) is 3.69. The monoisotopic (exact) mass is 323 g/mol. The Morgan fingerprint density at radius 2 is 2.24 bits per heavy atom. The Kier molecular flexibility index (Phi) is 4.50. The van der Waals surface area contributed by atoms with Gasteiger partial charge in [-0.2, -0.15) is 17.0 Å². The van der Waals surface area contributed by atoms with Gasteiger partial charge in [-0.1, -0.05) is 32.4 Å². The lowest BCUT2D eigenvalue weighted by Gasteiger charge is -2.22. The Labute approximate surface area is 134 Å². The summed E-state index contributed by atoms with van der Waals surface area (Å²) in [6.45, 7) is 6.03. The van der Waals surface area contributed by atoms with E-state index in [4.69, 9.17) is 11.6 Å². The number of rotatable bonds is 2.